The maximum Gasteiger partial charge on any atom is 0.272 e. The van der Waals surface area contributed by atoms with Crippen LogP contribution in [0.1, 0.15) is 16.1 Å². The van der Waals surface area contributed by atoms with Crippen LogP contribution in [0.15, 0.2) is 91.6 Å². The highest BCUT2D eigenvalue weighted by molar-refractivity contribution is 5.93. The number of hydrogen-bond donors (Lipinski definition) is 0. The Labute approximate surface area is 189 Å². The van der Waals surface area contributed by atoms with Crippen molar-refractivity contribution < 1.29 is 9.59 Å². The third kappa shape index (κ3) is 4.94. The van der Waals surface area contributed by atoms with Crippen LogP contribution in [0.2, 0.25) is 0 Å². The summed E-state index contributed by atoms with van der Waals surface area (Å²) < 4.78 is 0. The van der Waals surface area contributed by atoms with Crippen molar-refractivity contribution in [3.8, 4) is 11.1 Å². The average molecular weight is 426 g/mol. The fourth-order valence-electron chi connectivity index (χ4n) is 4.12. The second-order valence-corrected chi connectivity index (χ2v) is 8.00. The third-order valence-electron chi connectivity index (χ3n) is 5.81. The molecule has 4 rings (SSSR count). The van der Waals surface area contributed by atoms with Gasteiger partial charge in [0.25, 0.3) is 5.91 Å². The minimum absolute atomic E-state index is 0.0633. The Kier molecular flexibility index (Phi) is 6.75. The fraction of sp³-hybridized carbons (Fsp3) is 0.222. The van der Waals surface area contributed by atoms with E-state index in [1.807, 2.05) is 18.2 Å². The second-order valence-electron chi connectivity index (χ2n) is 8.00. The summed E-state index contributed by atoms with van der Waals surface area (Å²) in [6, 6.07) is 23.8. The van der Waals surface area contributed by atoms with Crippen molar-refractivity contribution in [2.24, 2.45) is 5.92 Å². The van der Waals surface area contributed by atoms with Crippen LogP contribution in [0.5, 0.6) is 0 Å². The maximum atomic E-state index is 13.3. The quantitative estimate of drug-likeness (QED) is 0.559. The molecule has 1 atom stereocenters. The molecule has 5 nitrogen and oxygen atoms in total. The monoisotopic (exact) mass is 425 g/mol. The topological polar surface area (TPSA) is 53.5 Å². The van der Waals surface area contributed by atoms with E-state index in [9.17, 15) is 9.59 Å². The normalized spacial score (nSPS) is 16.5. The van der Waals surface area contributed by atoms with E-state index < -0.39 is 0 Å². The van der Waals surface area contributed by atoms with Crippen molar-refractivity contribution in [1.82, 2.24) is 14.8 Å². The fourth-order valence-corrected chi connectivity index (χ4v) is 4.12. The van der Waals surface area contributed by atoms with Gasteiger partial charge in [0.2, 0.25) is 5.91 Å². The molecule has 1 aliphatic heterocycles. The largest absolute Gasteiger partial charge is 0.337 e. The molecule has 0 radical (unpaired) electrons. The van der Waals surface area contributed by atoms with Gasteiger partial charge in [-0.3, -0.25) is 14.6 Å². The van der Waals surface area contributed by atoms with Gasteiger partial charge in [0.15, 0.2) is 0 Å². The molecule has 1 unspecified atom stereocenters. The van der Waals surface area contributed by atoms with Crippen LogP contribution in [-0.4, -0.2) is 52.8 Å². The molecular weight excluding hydrogens is 398 g/mol. The number of amides is 2. The number of rotatable bonds is 6. The van der Waals surface area contributed by atoms with Gasteiger partial charge in [-0.1, -0.05) is 66.7 Å². The summed E-state index contributed by atoms with van der Waals surface area (Å²) in [5, 5.41) is 0. The molecular formula is C27H27N3O2. The zero-order chi connectivity index (χ0) is 22.3. The molecule has 3 aromatic rings. The Bertz CT molecular complexity index is 1070. The lowest BCUT2D eigenvalue weighted by atomic mass is 9.95. The van der Waals surface area contributed by atoms with E-state index in [2.05, 4.69) is 48.0 Å². The van der Waals surface area contributed by atoms with Crippen LogP contribution in [0.25, 0.3) is 11.1 Å². The molecule has 0 bridgehead atoms. The van der Waals surface area contributed by atoms with E-state index in [1.165, 1.54) is 0 Å². The number of pyridine rings is 1. The SMILES string of the molecule is C=CCN1CCN(C(=O)c2ccccn2)CC(Cc2ccc(-c3ccccc3)cc2)C1=O. The van der Waals surface area contributed by atoms with Gasteiger partial charge in [-0.2, -0.15) is 0 Å². The van der Waals surface area contributed by atoms with Gasteiger partial charge >= 0.3 is 0 Å². The van der Waals surface area contributed by atoms with E-state index >= 15 is 0 Å². The van der Waals surface area contributed by atoms with E-state index in [4.69, 9.17) is 0 Å². The van der Waals surface area contributed by atoms with Crippen LogP contribution in [0.3, 0.4) is 0 Å². The molecule has 2 amide bonds. The van der Waals surface area contributed by atoms with Gasteiger partial charge in [0.05, 0.1) is 5.92 Å². The maximum absolute atomic E-state index is 13.3. The van der Waals surface area contributed by atoms with Gasteiger partial charge in [0.1, 0.15) is 5.69 Å². The van der Waals surface area contributed by atoms with E-state index in [-0.39, 0.29) is 17.7 Å². The highest BCUT2D eigenvalue weighted by atomic mass is 16.2. The summed E-state index contributed by atoms with van der Waals surface area (Å²) in [4.78, 5) is 34.0. The van der Waals surface area contributed by atoms with Crippen LogP contribution < -0.4 is 0 Å². The summed E-state index contributed by atoms with van der Waals surface area (Å²) in [5.41, 5.74) is 3.78. The van der Waals surface area contributed by atoms with Crippen LogP contribution in [0.4, 0.5) is 0 Å². The standard InChI is InChI=1S/C27H27N3O2/c1-2-16-29-17-18-30(27(32)25-10-6-7-15-28-25)20-24(26(29)31)19-21-11-13-23(14-12-21)22-8-4-3-5-9-22/h2-15,24H,1,16-20H2. The van der Waals surface area contributed by atoms with Crippen LogP contribution >= 0.6 is 0 Å². The Hall–Kier alpha value is -3.73. The van der Waals surface area contributed by atoms with Crippen molar-refractivity contribution in [2.45, 2.75) is 6.42 Å². The minimum Gasteiger partial charge on any atom is -0.337 e. The minimum atomic E-state index is -0.312. The summed E-state index contributed by atoms with van der Waals surface area (Å²) in [6.45, 7) is 5.62. The number of aromatic nitrogens is 1. The predicted molar refractivity (Wildman–Crippen MR) is 126 cm³/mol. The molecule has 2 heterocycles. The smallest absolute Gasteiger partial charge is 0.272 e. The van der Waals surface area contributed by atoms with Crippen LogP contribution in [0, 0.1) is 5.92 Å². The number of carbonyl (C=O) groups excluding carboxylic acids is 2. The first-order valence-corrected chi connectivity index (χ1v) is 10.9. The lowest BCUT2D eigenvalue weighted by molar-refractivity contribution is -0.134. The number of carbonyl (C=O) groups is 2. The van der Waals surface area contributed by atoms with Gasteiger partial charge in [-0.15, -0.1) is 6.58 Å². The summed E-state index contributed by atoms with van der Waals surface area (Å²) in [6.07, 6.45) is 3.93. The van der Waals surface area contributed by atoms with E-state index in [1.54, 1.807) is 40.3 Å². The lowest BCUT2D eigenvalue weighted by Gasteiger charge is -2.23. The first-order valence-electron chi connectivity index (χ1n) is 10.9. The highest BCUT2D eigenvalue weighted by Crippen LogP contribution is 2.22. The Morgan fingerprint density at radius 1 is 0.969 bits per heavy atom. The first kappa shape index (κ1) is 21.5. The lowest BCUT2D eigenvalue weighted by Crippen LogP contribution is -2.38. The molecule has 2 aromatic carbocycles. The summed E-state index contributed by atoms with van der Waals surface area (Å²) in [5.74, 6) is -0.385. The molecule has 1 saturated heterocycles. The molecule has 0 saturated carbocycles. The second kappa shape index (κ2) is 10.1. The molecule has 1 aromatic heterocycles. The third-order valence-corrected chi connectivity index (χ3v) is 5.81. The highest BCUT2D eigenvalue weighted by Gasteiger charge is 2.32. The van der Waals surface area contributed by atoms with Crippen molar-refractivity contribution in [2.75, 3.05) is 26.2 Å². The molecule has 0 aliphatic carbocycles. The van der Waals surface area contributed by atoms with Gasteiger partial charge < -0.3 is 9.80 Å². The molecule has 1 aliphatic rings. The van der Waals surface area contributed by atoms with Crippen LogP contribution in [-0.2, 0) is 11.2 Å². The summed E-state index contributed by atoms with van der Waals surface area (Å²) >= 11 is 0. The average Bonchev–Trinajstić information content (AvgIpc) is 3.00. The zero-order valence-electron chi connectivity index (χ0n) is 18.1. The molecule has 5 heteroatoms. The van der Waals surface area contributed by atoms with Crippen molar-refractivity contribution in [3.63, 3.8) is 0 Å². The predicted octanol–water partition coefficient (Wildman–Crippen LogP) is 4.08. The number of benzene rings is 2. The number of nitrogens with zero attached hydrogens (tertiary/aromatic N) is 3. The molecule has 32 heavy (non-hydrogen) atoms. The Morgan fingerprint density at radius 2 is 1.69 bits per heavy atom. The Balaban J connectivity index is 1.54. The van der Waals surface area contributed by atoms with E-state index in [0.717, 1.165) is 16.7 Å². The van der Waals surface area contributed by atoms with Crippen molar-refractivity contribution in [1.29, 1.82) is 0 Å². The number of hydrogen-bond acceptors (Lipinski definition) is 3. The van der Waals surface area contributed by atoms with Gasteiger partial charge in [-0.25, -0.2) is 0 Å². The van der Waals surface area contributed by atoms with Gasteiger partial charge in [-0.05, 0) is 35.2 Å². The van der Waals surface area contributed by atoms with Crippen molar-refractivity contribution in [3.05, 3.63) is 103 Å². The first-order chi connectivity index (χ1) is 15.7. The summed E-state index contributed by atoms with van der Waals surface area (Å²) in [7, 11) is 0. The molecule has 162 valence electrons. The van der Waals surface area contributed by atoms with E-state index in [0.29, 0.717) is 38.3 Å². The Morgan fingerprint density at radius 3 is 2.38 bits per heavy atom. The molecule has 0 spiro atoms. The van der Waals surface area contributed by atoms with Gasteiger partial charge in [0, 0.05) is 32.4 Å². The van der Waals surface area contributed by atoms with Crippen molar-refractivity contribution >= 4 is 11.8 Å². The molecule has 0 N–H and O–H groups in total. The molecule has 1 fully saturated rings. The zero-order valence-corrected chi connectivity index (χ0v) is 18.1.